The van der Waals surface area contributed by atoms with Crippen LogP contribution in [0.25, 0.3) is 0 Å². The van der Waals surface area contributed by atoms with Crippen LogP contribution in [0.3, 0.4) is 0 Å². The molecule has 2 fully saturated rings. The standard InChI is InChI=1S/C16H20BrNO.Cl5P/c17-15-10-14(13-4-2-1-3-5-13)8-9-18(16(15)19)11-12-6-7-12;1-6(2,3,4)5/h1-5,12,14-15H,6-11H2;. The third-order valence-corrected chi connectivity index (χ3v) is 5.03. The van der Waals surface area contributed by atoms with Gasteiger partial charge in [-0.05, 0) is 43.1 Å². The fourth-order valence-corrected chi connectivity index (χ4v) is 3.65. The van der Waals surface area contributed by atoms with Crippen molar-refractivity contribution in [1.29, 1.82) is 0 Å². The molecule has 1 aromatic carbocycles. The minimum Gasteiger partial charge on any atom is -0.341 e. The summed E-state index contributed by atoms with van der Waals surface area (Å²) in [5.74, 6) is 1.57. The molecule has 2 unspecified atom stereocenters. The Morgan fingerprint density at radius 2 is 1.60 bits per heavy atom. The average molecular weight is 530 g/mol. The molecular formula is C16H20BrCl5NOP. The first kappa shape index (κ1) is 22.3. The molecule has 25 heavy (non-hydrogen) atoms. The summed E-state index contributed by atoms with van der Waals surface area (Å²) in [5.41, 5.74) is 1.37. The molecule has 1 heterocycles. The first-order valence-electron chi connectivity index (χ1n) is 8.06. The second kappa shape index (κ2) is 9.03. The monoisotopic (exact) mass is 527 g/mol. The fourth-order valence-electron chi connectivity index (χ4n) is 2.91. The van der Waals surface area contributed by atoms with Crippen molar-refractivity contribution in [3.63, 3.8) is 0 Å². The molecule has 0 aromatic heterocycles. The quantitative estimate of drug-likeness (QED) is 0.288. The van der Waals surface area contributed by atoms with Gasteiger partial charge in [-0.25, -0.2) is 0 Å². The first-order chi connectivity index (χ1) is 11.5. The average Bonchev–Trinajstić information content (AvgIpc) is 3.31. The molecule has 2 nitrogen and oxygen atoms in total. The predicted molar refractivity (Wildman–Crippen MR) is 117 cm³/mol. The number of alkyl halides is 1. The largest absolute Gasteiger partial charge is 0.341 e. The van der Waals surface area contributed by atoms with Gasteiger partial charge in [0.15, 0.2) is 0 Å². The summed E-state index contributed by atoms with van der Waals surface area (Å²) in [6, 6.07) is 10.6. The van der Waals surface area contributed by atoms with E-state index in [9.17, 15) is 4.79 Å². The molecule has 1 aliphatic heterocycles. The minimum atomic E-state index is -3.69. The number of likely N-dealkylation sites (tertiary alicyclic amines) is 1. The summed E-state index contributed by atoms with van der Waals surface area (Å²) >= 11 is 28.5. The van der Waals surface area contributed by atoms with Crippen molar-refractivity contribution in [2.75, 3.05) is 13.1 Å². The molecule has 142 valence electrons. The van der Waals surface area contributed by atoms with Crippen molar-refractivity contribution in [1.82, 2.24) is 4.90 Å². The molecule has 0 spiro atoms. The molecule has 0 radical (unpaired) electrons. The van der Waals surface area contributed by atoms with Gasteiger partial charge >= 0.3 is 59.6 Å². The normalized spacial score (nSPS) is 26.1. The topological polar surface area (TPSA) is 20.3 Å². The van der Waals surface area contributed by atoms with E-state index in [0.717, 1.165) is 31.8 Å². The van der Waals surface area contributed by atoms with Gasteiger partial charge in [0.1, 0.15) is 0 Å². The Hall–Kier alpha value is 1.05. The van der Waals surface area contributed by atoms with Crippen LogP contribution in [0.4, 0.5) is 0 Å². The summed E-state index contributed by atoms with van der Waals surface area (Å²) < 4.78 is -3.69. The van der Waals surface area contributed by atoms with Crippen LogP contribution >= 0.6 is 75.5 Å². The Morgan fingerprint density at radius 3 is 2.12 bits per heavy atom. The van der Waals surface area contributed by atoms with Crippen LogP contribution < -0.4 is 0 Å². The van der Waals surface area contributed by atoms with Gasteiger partial charge in [-0.3, -0.25) is 4.79 Å². The van der Waals surface area contributed by atoms with Crippen LogP contribution in [-0.2, 0) is 4.79 Å². The van der Waals surface area contributed by atoms with Gasteiger partial charge in [-0.15, -0.1) is 0 Å². The molecule has 9 heteroatoms. The van der Waals surface area contributed by atoms with Crippen LogP contribution in [0.5, 0.6) is 0 Å². The number of hydrogen-bond acceptors (Lipinski definition) is 1. The van der Waals surface area contributed by atoms with Gasteiger partial charge in [0, 0.05) is 13.1 Å². The number of halogens is 6. The molecule has 1 amide bonds. The zero-order chi connectivity index (χ0) is 18.7. The molecule has 1 saturated heterocycles. The molecule has 0 N–H and O–H groups in total. The van der Waals surface area contributed by atoms with E-state index in [1.165, 1.54) is 18.4 Å². The molecule has 1 saturated carbocycles. The predicted octanol–water partition coefficient (Wildman–Crippen LogP) is 7.87. The summed E-state index contributed by atoms with van der Waals surface area (Å²) in [4.78, 5) is 14.4. The zero-order valence-electron chi connectivity index (χ0n) is 13.4. The Bertz CT molecular complexity index is 574. The van der Waals surface area contributed by atoms with Crippen LogP contribution in [0.2, 0.25) is 0 Å². The Morgan fingerprint density at radius 1 is 1.04 bits per heavy atom. The van der Waals surface area contributed by atoms with Crippen molar-refractivity contribution in [3.05, 3.63) is 35.9 Å². The summed E-state index contributed by atoms with van der Waals surface area (Å²) in [6.45, 7) is 1.89. The maximum absolute atomic E-state index is 12.4. The van der Waals surface area contributed by atoms with Crippen LogP contribution in [0.15, 0.2) is 30.3 Å². The third-order valence-electron chi connectivity index (χ3n) is 4.27. The van der Waals surface area contributed by atoms with Crippen molar-refractivity contribution in [2.45, 2.75) is 36.4 Å². The number of carbonyl (C=O) groups is 1. The SMILES string of the molecule is ClP(Cl)(Cl)(Cl)Cl.O=C1C(Br)CC(c2ccccc2)CCN1CC1CC1. The van der Waals surface area contributed by atoms with Crippen molar-refractivity contribution in [2.24, 2.45) is 5.92 Å². The van der Waals surface area contributed by atoms with Gasteiger partial charge in [0.2, 0.25) is 5.91 Å². The Labute approximate surface area is 181 Å². The summed E-state index contributed by atoms with van der Waals surface area (Å²) in [6.07, 6.45) is 4.62. The molecule has 3 rings (SSSR count). The Balaban J connectivity index is 0.000000326. The second-order valence-corrected chi connectivity index (χ2v) is 24.2. The smallest absolute Gasteiger partial charge is 0.236 e. The van der Waals surface area contributed by atoms with Crippen LogP contribution in [0, 0.1) is 5.92 Å². The van der Waals surface area contributed by atoms with E-state index in [4.69, 9.17) is 56.2 Å². The van der Waals surface area contributed by atoms with E-state index in [-0.39, 0.29) is 4.83 Å². The number of rotatable bonds is 3. The number of amides is 1. The number of benzene rings is 1. The first-order valence-corrected chi connectivity index (χ1v) is 15.7. The second-order valence-electron chi connectivity index (χ2n) is 6.47. The maximum Gasteiger partial charge on any atom is 0.236 e. The van der Waals surface area contributed by atoms with Gasteiger partial charge < -0.3 is 4.90 Å². The molecule has 2 atom stereocenters. The van der Waals surface area contributed by atoms with Gasteiger partial charge in [-0.2, -0.15) is 0 Å². The molecular weight excluding hydrogens is 510 g/mol. The minimum absolute atomic E-state index is 0.0149. The molecule has 1 aromatic rings. The number of nitrogens with zero attached hydrogens (tertiary/aromatic N) is 1. The summed E-state index contributed by atoms with van der Waals surface area (Å²) in [7, 11) is 0. The van der Waals surface area contributed by atoms with E-state index in [1.807, 2.05) is 0 Å². The van der Waals surface area contributed by atoms with Crippen LogP contribution in [0.1, 0.15) is 37.2 Å². The van der Waals surface area contributed by atoms with E-state index < -0.39 is 3.37 Å². The van der Waals surface area contributed by atoms with Gasteiger partial charge in [0.05, 0.1) is 4.83 Å². The zero-order valence-corrected chi connectivity index (χ0v) is 19.7. The van der Waals surface area contributed by atoms with E-state index in [0.29, 0.717) is 11.8 Å². The van der Waals surface area contributed by atoms with Crippen molar-refractivity contribution >= 4 is 81.4 Å². The summed E-state index contributed by atoms with van der Waals surface area (Å²) in [5, 5.41) is 0. The van der Waals surface area contributed by atoms with Crippen molar-refractivity contribution < 1.29 is 4.79 Å². The fraction of sp³-hybridized carbons (Fsp3) is 0.562. The molecule has 2 aliphatic rings. The molecule has 1 aliphatic carbocycles. The maximum atomic E-state index is 12.4. The van der Waals surface area contributed by atoms with Crippen molar-refractivity contribution in [3.8, 4) is 0 Å². The molecule has 0 bridgehead atoms. The number of carbonyl (C=O) groups excluding carboxylic acids is 1. The van der Waals surface area contributed by atoms with Gasteiger partial charge in [0.25, 0.3) is 0 Å². The van der Waals surface area contributed by atoms with Crippen LogP contribution in [-0.4, -0.2) is 28.7 Å². The van der Waals surface area contributed by atoms with E-state index >= 15 is 0 Å². The van der Waals surface area contributed by atoms with Gasteiger partial charge in [-0.1, -0.05) is 46.3 Å². The van der Waals surface area contributed by atoms with E-state index in [2.05, 4.69) is 51.2 Å². The third kappa shape index (κ3) is 9.70. The number of hydrogen-bond donors (Lipinski definition) is 0. The van der Waals surface area contributed by atoms with E-state index in [1.54, 1.807) is 0 Å². The Kier molecular flexibility index (Phi) is 8.07.